The van der Waals surface area contributed by atoms with Crippen LogP contribution in [0.4, 0.5) is 17.1 Å². The van der Waals surface area contributed by atoms with Crippen LogP contribution in [0.1, 0.15) is 31.0 Å². The Morgan fingerprint density at radius 3 is 2.02 bits per heavy atom. The Balaban J connectivity index is 1.27. The standard InChI is InChI=1S/C47H40N5/c1-32(2)49-31-50(44-23-11-10-22-43(44)49)37-18-13-19-38(29-37)51(47-33(3)14-12-15-34(47)4)39-24-25-41-40-20-8-9-21-42(40)52(45(41)30-39)46-28-36(26-27-48-46)35-16-6-5-7-17-35/h5-32H,1-4H3/q+1. The van der Waals surface area contributed by atoms with E-state index in [1.165, 1.54) is 44.2 Å². The van der Waals surface area contributed by atoms with E-state index in [4.69, 9.17) is 4.98 Å². The number of hydrogen-bond acceptors (Lipinski definition) is 2. The summed E-state index contributed by atoms with van der Waals surface area (Å²) in [7, 11) is 0. The lowest BCUT2D eigenvalue weighted by Gasteiger charge is -2.29. The van der Waals surface area contributed by atoms with Gasteiger partial charge >= 0.3 is 0 Å². The molecule has 0 aliphatic carbocycles. The molecule has 0 atom stereocenters. The molecule has 0 saturated heterocycles. The topological polar surface area (TPSA) is 30.9 Å². The van der Waals surface area contributed by atoms with Gasteiger partial charge in [-0.25, -0.2) is 9.55 Å². The van der Waals surface area contributed by atoms with Crippen LogP contribution in [0.2, 0.25) is 0 Å². The van der Waals surface area contributed by atoms with Gasteiger partial charge in [-0.15, -0.1) is 0 Å². The van der Waals surface area contributed by atoms with Crippen molar-refractivity contribution in [3.05, 3.63) is 175 Å². The minimum atomic E-state index is 0.335. The lowest BCUT2D eigenvalue weighted by Crippen LogP contribution is -2.13. The first-order chi connectivity index (χ1) is 25.5. The van der Waals surface area contributed by atoms with E-state index < -0.39 is 0 Å². The highest BCUT2D eigenvalue weighted by molar-refractivity contribution is 6.10. The van der Waals surface area contributed by atoms with Crippen LogP contribution in [0.5, 0.6) is 0 Å². The Hall–Kier alpha value is -6.46. The Morgan fingerprint density at radius 2 is 1.23 bits per heavy atom. The molecule has 0 saturated carbocycles. The third-order valence-corrected chi connectivity index (χ3v) is 10.2. The summed E-state index contributed by atoms with van der Waals surface area (Å²) in [6.07, 6.45) is 4.16. The lowest BCUT2D eigenvalue weighted by molar-refractivity contribution is 0.612. The monoisotopic (exact) mass is 674 g/mol. The molecule has 0 bridgehead atoms. The highest BCUT2D eigenvalue weighted by Crippen LogP contribution is 2.42. The van der Waals surface area contributed by atoms with Crippen LogP contribution in [0.3, 0.4) is 0 Å². The number of aromatic nitrogens is 4. The van der Waals surface area contributed by atoms with Crippen molar-refractivity contribution in [1.29, 1.82) is 0 Å². The summed E-state index contributed by atoms with van der Waals surface area (Å²) in [6, 6.07) is 54.8. The zero-order chi connectivity index (χ0) is 35.3. The molecule has 3 heterocycles. The summed E-state index contributed by atoms with van der Waals surface area (Å²) < 4.78 is 6.98. The van der Waals surface area contributed by atoms with Gasteiger partial charge < -0.3 is 4.90 Å². The van der Waals surface area contributed by atoms with Crippen LogP contribution in [-0.2, 0) is 0 Å². The number of aryl methyl sites for hydroxylation is 2. The number of imidazole rings is 1. The van der Waals surface area contributed by atoms with E-state index in [9.17, 15) is 0 Å². The molecule has 0 aliphatic rings. The van der Waals surface area contributed by atoms with Crippen LogP contribution in [-0.4, -0.2) is 18.7 Å². The second-order valence-electron chi connectivity index (χ2n) is 13.9. The highest BCUT2D eigenvalue weighted by Gasteiger charge is 2.23. The molecule has 0 unspecified atom stereocenters. The van der Waals surface area contributed by atoms with E-state index in [0.717, 1.165) is 39.5 Å². The summed E-state index contributed by atoms with van der Waals surface area (Å²) in [5, 5.41) is 2.40. The van der Waals surface area contributed by atoms with Gasteiger partial charge in [0.15, 0.2) is 17.4 Å². The molecule has 0 fully saturated rings. The van der Waals surface area contributed by atoms with E-state index in [1.807, 2.05) is 6.20 Å². The first kappa shape index (κ1) is 31.5. The molecule has 0 N–H and O–H groups in total. The van der Waals surface area contributed by atoms with Crippen LogP contribution >= 0.6 is 0 Å². The van der Waals surface area contributed by atoms with Gasteiger partial charge in [-0.3, -0.25) is 4.57 Å². The number of benzene rings is 6. The number of nitrogens with zero attached hydrogens (tertiary/aromatic N) is 5. The van der Waals surface area contributed by atoms with Crippen molar-refractivity contribution in [2.45, 2.75) is 33.7 Å². The first-order valence-electron chi connectivity index (χ1n) is 18.0. The van der Waals surface area contributed by atoms with Gasteiger partial charge in [0, 0.05) is 46.9 Å². The molecule has 0 spiro atoms. The fourth-order valence-electron chi connectivity index (χ4n) is 7.80. The molecule has 0 radical (unpaired) electrons. The van der Waals surface area contributed by atoms with Gasteiger partial charge in [0.2, 0.25) is 0 Å². The number of rotatable bonds is 7. The first-order valence-corrected chi connectivity index (χ1v) is 18.0. The number of anilines is 3. The summed E-state index contributed by atoms with van der Waals surface area (Å²) >= 11 is 0. The Labute approximate surface area is 304 Å². The minimum Gasteiger partial charge on any atom is -0.309 e. The fraction of sp³-hybridized carbons (Fsp3) is 0.106. The maximum absolute atomic E-state index is 4.96. The predicted octanol–water partition coefficient (Wildman–Crippen LogP) is 12.5. The van der Waals surface area contributed by atoms with Crippen LogP contribution in [0, 0.1) is 13.8 Å². The van der Waals surface area contributed by atoms with Crippen LogP contribution in [0.15, 0.2) is 164 Å². The normalized spacial score (nSPS) is 11.6. The fourth-order valence-corrected chi connectivity index (χ4v) is 7.80. The summed E-state index contributed by atoms with van der Waals surface area (Å²) in [6.45, 7) is 8.88. The molecule has 5 nitrogen and oxygen atoms in total. The quantitative estimate of drug-likeness (QED) is 0.158. The Morgan fingerprint density at radius 1 is 0.558 bits per heavy atom. The lowest BCUT2D eigenvalue weighted by atomic mass is 10.0. The average Bonchev–Trinajstić information content (AvgIpc) is 3.73. The SMILES string of the molecule is Cc1cccc(C)c1N(c1cccc(-n2[cH+]n(C(C)C)c3ccccc32)c1)c1ccc2c3ccccc3n(-c3cc(-c4ccccc4)ccn3)c2c1. The molecule has 9 aromatic rings. The summed E-state index contributed by atoms with van der Waals surface area (Å²) in [5.74, 6) is 0.892. The van der Waals surface area contributed by atoms with Crippen molar-refractivity contribution in [3.8, 4) is 22.6 Å². The largest absolute Gasteiger partial charge is 0.309 e. The molecule has 9 rings (SSSR count). The average molecular weight is 675 g/mol. The molecule has 5 heteroatoms. The zero-order valence-corrected chi connectivity index (χ0v) is 29.9. The molecule has 0 aliphatic heterocycles. The molecular weight excluding hydrogens is 635 g/mol. The third-order valence-electron chi connectivity index (χ3n) is 10.2. The van der Waals surface area contributed by atoms with E-state index in [0.29, 0.717) is 6.04 Å². The maximum Gasteiger partial charge on any atom is 0.191 e. The smallest absolute Gasteiger partial charge is 0.191 e. The molecule has 252 valence electrons. The van der Waals surface area contributed by atoms with E-state index >= 15 is 0 Å². The van der Waals surface area contributed by atoms with Gasteiger partial charge in [-0.05, 0) is 105 Å². The van der Waals surface area contributed by atoms with Gasteiger partial charge in [0.05, 0.1) is 28.5 Å². The molecule has 6 aromatic carbocycles. The molecule has 52 heavy (non-hydrogen) atoms. The van der Waals surface area contributed by atoms with E-state index in [-0.39, 0.29) is 0 Å². The second kappa shape index (κ2) is 12.7. The summed E-state index contributed by atoms with van der Waals surface area (Å²) in [4.78, 5) is 7.38. The molecule has 0 amide bonds. The van der Waals surface area contributed by atoms with E-state index in [2.05, 4.69) is 204 Å². The van der Waals surface area contributed by atoms with Crippen molar-refractivity contribution in [3.63, 3.8) is 0 Å². The minimum absolute atomic E-state index is 0.335. The summed E-state index contributed by atoms with van der Waals surface area (Å²) in [5.41, 5.74) is 13.8. The number of para-hydroxylation sites is 4. The van der Waals surface area contributed by atoms with Gasteiger partial charge in [-0.1, -0.05) is 72.8 Å². The highest BCUT2D eigenvalue weighted by atomic mass is 15.2. The van der Waals surface area contributed by atoms with E-state index in [1.54, 1.807) is 0 Å². The van der Waals surface area contributed by atoms with Crippen molar-refractivity contribution >= 4 is 49.9 Å². The maximum atomic E-state index is 4.96. The van der Waals surface area contributed by atoms with Crippen LogP contribution < -0.4 is 4.90 Å². The predicted molar refractivity (Wildman–Crippen MR) is 218 cm³/mol. The Bertz CT molecular complexity index is 2730. The second-order valence-corrected chi connectivity index (χ2v) is 13.9. The number of fused-ring (bicyclic) bond motifs is 4. The van der Waals surface area contributed by atoms with Crippen molar-refractivity contribution in [2.75, 3.05) is 4.90 Å². The van der Waals surface area contributed by atoms with Crippen molar-refractivity contribution in [1.82, 2.24) is 18.7 Å². The van der Waals surface area contributed by atoms with Gasteiger partial charge in [0.25, 0.3) is 0 Å². The zero-order valence-electron chi connectivity index (χ0n) is 29.9. The third kappa shape index (κ3) is 5.25. The Kier molecular flexibility index (Phi) is 7.70. The van der Waals surface area contributed by atoms with Crippen molar-refractivity contribution in [2.24, 2.45) is 0 Å². The van der Waals surface area contributed by atoms with Gasteiger partial charge in [0.1, 0.15) is 11.5 Å². The molecular formula is C47H40N5+. The van der Waals surface area contributed by atoms with Crippen LogP contribution in [0.25, 0.3) is 55.5 Å². The number of pyridine rings is 1. The van der Waals surface area contributed by atoms with Crippen molar-refractivity contribution < 1.29 is 0 Å². The van der Waals surface area contributed by atoms with Gasteiger partial charge in [-0.2, -0.15) is 4.57 Å². The number of hydrogen-bond donors (Lipinski definition) is 0. The molecule has 3 aromatic heterocycles.